The highest BCUT2D eigenvalue weighted by Gasteiger charge is 2.44. The van der Waals surface area contributed by atoms with E-state index >= 15 is 0 Å². The molecule has 0 bridgehead atoms. The summed E-state index contributed by atoms with van der Waals surface area (Å²) in [4.78, 5) is 28.1. The second kappa shape index (κ2) is 7.19. The lowest BCUT2D eigenvalue weighted by molar-refractivity contribution is 0.0971. The summed E-state index contributed by atoms with van der Waals surface area (Å²) in [6, 6.07) is 12.1. The van der Waals surface area contributed by atoms with Crippen LogP contribution in [-0.2, 0) is 0 Å². The maximum absolute atomic E-state index is 13.9. The van der Waals surface area contributed by atoms with Crippen LogP contribution in [0.1, 0.15) is 27.7 Å². The lowest BCUT2D eigenvalue weighted by atomic mass is 9.97. The van der Waals surface area contributed by atoms with E-state index in [2.05, 4.69) is 0 Å². The average Bonchev–Trinajstić information content (AvgIpc) is 3.08. The number of benzene rings is 3. The molecule has 0 aliphatic carbocycles. The maximum Gasteiger partial charge on any atom is 0.295 e. The van der Waals surface area contributed by atoms with E-state index < -0.39 is 29.0 Å². The zero-order chi connectivity index (χ0) is 22.6. The fourth-order valence-corrected chi connectivity index (χ4v) is 3.99. The van der Waals surface area contributed by atoms with Crippen LogP contribution in [0, 0.1) is 11.6 Å². The van der Waals surface area contributed by atoms with E-state index in [1.54, 1.807) is 0 Å². The third-order valence-corrected chi connectivity index (χ3v) is 5.46. The summed E-state index contributed by atoms with van der Waals surface area (Å²) >= 11 is 0. The number of rotatable bonds is 3. The smallest absolute Gasteiger partial charge is 0.295 e. The normalized spacial score (nSPS) is 15.3. The van der Waals surface area contributed by atoms with Gasteiger partial charge in [0.2, 0.25) is 5.76 Å². The van der Waals surface area contributed by atoms with Crippen molar-refractivity contribution in [2.75, 3.05) is 12.0 Å². The summed E-state index contributed by atoms with van der Waals surface area (Å²) in [5, 5.41) is 9.99. The molecule has 0 radical (unpaired) electrons. The molecule has 1 atom stereocenters. The maximum atomic E-state index is 13.9. The van der Waals surface area contributed by atoms with Crippen LogP contribution in [0.5, 0.6) is 11.5 Å². The number of hydrogen-bond donors (Lipinski definition) is 1. The molecule has 1 N–H and O–H groups in total. The summed E-state index contributed by atoms with van der Waals surface area (Å²) in [5.74, 6) is -1.88. The number of aromatic hydroxyl groups is 1. The molecule has 1 aliphatic rings. The Balaban J connectivity index is 1.82. The number of ether oxygens (including phenoxy) is 1. The van der Waals surface area contributed by atoms with Crippen LogP contribution >= 0.6 is 0 Å². The molecule has 1 aromatic heterocycles. The highest BCUT2D eigenvalue weighted by molar-refractivity contribution is 6.10. The largest absolute Gasteiger partial charge is 0.504 e. The zero-order valence-electron chi connectivity index (χ0n) is 16.6. The van der Waals surface area contributed by atoms with Crippen LogP contribution in [-0.4, -0.2) is 18.1 Å². The van der Waals surface area contributed by atoms with Crippen molar-refractivity contribution in [2.24, 2.45) is 0 Å². The van der Waals surface area contributed by atoms with Gasteiger partial charge >= 0.3 is 0 Å². The number of carbonyl (C=O) groups excluding carboxylic acids is 1. The van der Waals surface area contributed by atoms with Gasteiger partial charge in [-0.3, -0.25) is 14.5 Å². The topological polar surface area (TPSA) is 80.0 Å². The monoisotopic (exact) mass is 435 g/mol. The number of phenolic OH excluding ortho intramolecular Hbond substituents is 1. The van der Waals surface area contributed by atoms with E-state index in [0.717, 1.165) is 12.1 Å². The van der Waals surface area contributed by atoms with Gasteiger partial charge in [0.15, 0.2) is 16.9 Å². The number of hydrogen-bond acceptors (Lipinski definition) is 5. The Kier molecular flexibility index (Phi) is 4.44. The van der Waals surface area contributed by atoms with Gasteiger partial charge in [-0.1, -0.05) is 6.07 Å². The van der Waals surface area contributed by atoms with Gasteiger partial charge in [-0.15, -0.1) is 0 Å². The molecular weight excluding hydrogens is 420 g/mol. The van der Waals surface area contributed by atoms with Crippen LogP contribution in [0.25, 0.3) is 11.0 Å². The lowest BCUT2D eigenvalue weighted by Gasteiger charge is -2.25. The molecule has 0 spiro atoms. The Morgan fingerprint density at radius 1 is 0.969 bits per heavy atom. The molecule has 6 nitrogen and oxygen atoms in total. The van der Waals surface area contributed by atoms with Gasteiger partial charge in [0.25, 0.3) is 5.91 Å². The number of carbonyl (C=O) groups is 1. The molecule has 8 heteroatoms. The molecule has 4 aromatic rings. The number of amides is 1. The number of fused-ring (bicyclic) bond motifs is 2. The number of phenols is 1. The Labute approximate surface area is 179 Å². The second-order valence-corrected chi connectivity index (χ2v) is 7.30. The molecule has 32 heavy (non-hydrogen) atoms. The Bertz CT molecular complexity index is 1450. The van der Waals surface area contributed by atoms with Crippen molar-refractivity contribution < 1.29 is 27.8 Å². The van der Waals surface area contributed by atoms with Gasteiger partial charge in [0.05, 0.1) is 24.1 Å². The molecule has 1 aliphatic heterocycles. The van der Waals surface area contributed by atoms with Crippen molar-refractivity contribution in [1.82, 2.24) is 0 Å². The molecule has 1 amide bonds. The van der Waals surface area contributed by atoms with Crippen molar-refractivity contribution in [3.05, 3.63) is 99.4 Å². The Hall–Kier alpha value is -4.20. The average molecular weight is 435 g/mol. The van der Waals surface area contributed by atoms with E-state index in [9.17, 15) is 23.5 Å². The summed E-state index contributed by atoms with van der Waals surface area (Å²) in [6.07, 6.45) is 0. The minimum absolute atomic E-state index is 0.00625. The number of methoxy groups -OCH3 is 1. The summed E-state index contributed by atoms with van der Waals surface area (Å²) in [5.41, 5.74) is 0.307. The quantitative estimate of drug-likeness (QED) is 0.511. The lowest BCUT2D eigenvalue weighted by Crippen LogP contribution is -2.29. The first-order valence-electron chi connectivity index (χ1n) is 9.61. The standard InChI is InChI=1S/C24H15F2NO5/c1-31-19-10-12(2-8-17(19)28)21-20-22(29)16-11-14(26)5-9-18(16)32-23(20)24(30)27(21)15-6-3-13(25)4-7-15/h2-11,21,28H,1H3. The van der Waals surface area contributed by atoms with Gasteiger partial charge in [-0.25, -0.2) is 8.78 Å². The van der Waals surface area contributed by atoms with Gasteiger partial charge < -0.3 is 14.3 Å². The van der Waals surface area contributed by atoms with Crippen LogP contribution in [0.15, 0.2) is 69.9 Å². The second-order valence-electron chi connectivity index (χ2n) is 7.30. The molecule has 5 rings (SSSR count). The van der Waals surface area contributed by atoms with Gasteiger partial charge in [-0.05, 0) is 60.2 Å². The van der Waals surface area contributed by atoms with Crippen LogP contribution < -0.4 is 15.1 Å². The molecule has 0 saturated carbocycles. The summed E-state index contributed by atoms with van der Waals surface area (Å²) in [7, 11) is 1.37. The zero-order valence-corrected chi connectivity index (χ0v) is 16.6. The highest BCUT2D eigenvalue weighted by Crippen LogP contribution is 2.43. The Morgan fingerprint density at radius 2 is 1.69 bits per heavy atom. The fraction of sp³-hybridized carbons (Fsp3) is 0.0833. The van der Waals surface area contributed by atoms with Crippen molar-refractivity contribution in [3.8, 4) is 11.5 Å². The van der Waals surface area contributed by atoms with Gasteiger partial charge in [0, 0.05) is 5.69 Å². The third kappa shape index (κ3) is 2.91. The highest BCUT2D eigenvalue weighted by atomic mass is 19.1. The fourth-order valence-electron chi connectivity index (χ4n) is 3.99. The van der Waals surface area contributed by atoms with Crippen LogP contribution in [0.3, 0.4) is 0 Å². The van der Waals surface area contributed by atoms with E-state index in [4.69, 9.17) is 9.15 Å². The molecular formula is C24H15F2NO5. The van der Waals surface area contributed by atoms with E-state index in [1.807, 2.05) is 0 Å². The van der Waals surface area contributed by atoms with Crippen molar-refractivity contribution in [2.45, 2.75) is 6.04 Å². The van der Waals surface area contributed by atoms with Gasteiger partial charge in [0.1, 0.15) is 17.2 Å². The minimum atomic E-state index is -0.971. The summed E-state index contributed by atoms with van der Waals surface area (Å²) < 4.78 is 38.3. The van der Waals surface area contributed by atoms with Gasteiger partial charge in [-0.2, -0.15) is 0 Å². The SMILES string of the molecule is COc1cc(C2c3c(oc4ccc(F)cc4c3=O)C(=O)N2c2ccc(F)cc2)ccc1O. The number of nitrogens with zero attached hydrogens (tertiary/aromatic N) is 1. The summed E-state index contributed by atoms with van der Waals surface area (Å²) in [6.45, 7) is 0. The molecule has 0 fully saturated rings. The molecule has 3 aromatic carbocycles. The first-order chi connectivity index (χ1) is 15.4. The number of anilines is 1. The van der Waals surface area contributed by atoms with Crippen molar-refractivity contribution in [3.63, 3.8) is 0 Å². The van der Waals surface area contributed by atoms with Crippen molar-refractivity contribution in [1.29, 1.82) is 0 Å². The van der Waals surface area contributed by atoms with E-state index in [1.165, 1.54) is 60.5 Å². The first kappa shape index (κ1) is 19.7. The van der Waals surface area contributed by atoms with Crippen LogP contribution in [0.4, 0.5) is 14.5 Å². The third-order valence-electron chi connectivity index (χ3n) is 5.46. The molecule has 2 heterocycles. The number of halogens is 2. The predicted molar refractivity (Wildman–Crippen MR) is 112 cm³/mol. The predicted octanol–water partition coefficient (Wildman–Crippen LogP) is 4.54. The molecule has 1 unspecified atom stereocenters. The van der Waals surface area contributed by atoms with Crippen LogP contribution in [0.2, 0.25) is 0 Å². The van der Waals surface area contributed by atoms with E-state index in [-0.39, 0.29) is 33.8 Å². The molecule has 160 valence electrons. The molecule has 0 saturated heterocycles. The first-order valence-corrected chi connectivity index (χ1v) is 9.61. The Morgan fingerprint density at radius 3 is 2.41 bits per heavy atom. The van der Waals surface area contributed by atoms with E-state index in [0.29, 0.717) is 11.3 Å². The van der Waals surface area contributed by atoms with Crippen molar-refractivity contribution >= 4 is 22.6 Å². The minimum Gasteiger partial charge on any atom is -0.504 e.